The van der Waals surface area contributed by atoms with Gasteiger partial charge in [-0.2, -0.15) is 0 Å². The number of aliphatic hydroxyl groups is 1. The molecule has 0 unspecified atom stereocenters. The molecule has 5 nitrogen and oxygen atoms in total. The fraction of sp³-hybridized carbons (Fsp3) is 0.476. The summed E-state index contributed by atoms with van der Waals surface area (Å²) in [7, 11) is 0. The molecule has 2 N–H and O–H groups in total. The van der Waals surface area contributed by atoms with E-state index in [1.807, 2.05) is 0 Å². The van der Waals surface area contributed by atoms with E-state index in [0.717, 1.165) is 51.3 Å². The van der Waals surface area contributed by atoms with Crippen molar-refractivity contribution in [2.75, 3.05) is 31.2 Å². The van der Waals surface area contributed by atoms with Crippen molar-refractivity contribution < 1.29 is 14.9 Å². The second-order valence-corrected chi connectivity index (χ2v) is 8.12. The Morgan fingerprint density at radius 1 is 1.36 bits per heavy atom. The average molecular weight is 425 g/mol. The second kappa shape index (κ2) is 8.87. The van der Waals surface area contributed by atoms with Crippen LogP contribution in [0.2, 0.25) is 0 Å². The van der Waals surface area contributed by atoms with Crippen molar-refractivity contribution in [2.45, 2.75) is 32.8 Å². The molecule has 2 saturated heterocycles. The molecule has 1 aromatic rings. The normalized spacial score (nSPS) is 20.4. The summed E-state index contributed by atoms with van der Waals surface area (Å²) < 4.78 is 5.60. The average Bonchev–Trinajstić information content (AvgIpc) is 3.17. The molecule has 2 fully saturated rings. The number of hydrogen-bond donors (Lipinski definition) is 2. The third-order valence-electron chi connectivity index (χ3n) is 5.73. The number of aromatic hydroxyl groups is 1. The van der Waals surface area contributed by atoms with Gasteiger partial charge in [-0.05, 0) is 37.7 Å². The van der Waals surface area contributed by atoms with Crippen LogP contribution < -0.4 is 4.90 Å². The van der Waals surface area contributed by atoms with E-state index in [4.69, 9.17) is 27.9 Å². The SMILES string of the molecule is C=C/C(Cl)=C(Cl)\C(=C/C)c1nc(CO)c(N2CCC3(CCOC3)CC2)cc1O. The number of ether oxygens (including phenoxy) is 1. The minimum atomic E-state index is -0.235. The van der Waals surface area contributed by atoms with Crippen LogP contribution in [0.5, 0.6) is 5.75 Å². The number of pyridine rings is 1. The zero-order valence-corrected chi connectivity index (χ0v) is 17.6. The van der Waals surface area contributed by atoms with Gasteiger partial charge in [-0.25, -0.2) is 4.98 Å². The Balaban J connectivity index is 1.91. The highest BCUT2D eigenvalue weighted by atomic mass is 35.5. The standard InChI is InChI=1S/C21H26Cl2N2O3/c1-3-14(19(23)15(22)4-2)20-18(27)11-17(16(12-26)24-20)25-8-5-21(6-9-25)7-10-28-13-21/h3-4,11,26-27H,2,5-10,12-13H2,1H3/b14-3+,19-15-. The molecule has 152 valence electrons. The first kappa shape index (κ1) is 21.2. The van der Waals surface area contributed by atoms with Crippen LogP contribution in [0.3, 0.4) is 0 Å². The highest BCUT2D eigenvalue weighted by Gasteiger charge is 2.38. The molecule has 0 amide bonds. The van der Waals surface area contributed by atoms with E-state index in [2.05, 4.69) is 16.5 Å². The van der Waals surface area contributed by atoms with Crippen molar-refractivity contribution in [1.82, 2.24) is 4.98 Å². The third kappa shape index (κ3) is 4.08. The smallest absolute Gasteiger partial charge is 0.143 e. The molecule has 0 aliphatic carbocycles. The van der Waals surface area contributed by atoms with Crippen LogP contribution in [0.25, 0.3) is 5.57 Å². The zero-order valence-electron chi connectivity index (χ0n) is 16.0. The fourth-order valence-corrected chi connectivity index (χ4v) is 4.35. The first-order chi connectivity index (χ1) is 13.4. The van der Waals surface area contributed by atoms with Crippen LogP contribution in [0.4, 0.5) is 5.69 Å². The van der Waals surface area contributed by atoms with Crippen molar-refractivity contribution in [1.29, 1.82) is 0 Å². The molecule has 0 atom stereocenters. The lowest BCUT2D eigenvalue weighted by atomic mass is 9.78. The second-order valence-electron chi connectivity index (χ2n) is 7.34. The Morgan fingerprint density at radius 2 is 2.07 bits per heavy atom. The van der Waals surface area contributed by atoms with Crippen molar-refractivity contribution in [2.24, 2.45) is 5.41 Å². The maximum atomic E-state index is 10.7. The van der Waals surface area contributed by atoms with Crippen LogP contribution in [-0.4, -0.2) is 41.5 Å². The summed E-state index contributed by atoms with van der Waals surface area (Å²) in [4.78, 5) is 6.69. The predicted octanol–water partition coefficient (Wildman–Crippen LogP) is 4.56. The molecule has 0 radical (unpaired) electrons. The number of allylic oxidation sites excluding steroid dienone is 5. The Morgan fingerprint density at radius 3 is 2.61 bits per heavy atom. The third-order valence-corrected chi connectivity index (χ3v) is 6.57. The zero-order chi connectivity index (χ0) is 20.3. The Hall–Kier alpha value is -1.53. The summed E-state index contributed by atoms with van der Waals surface area (Å²) in [5.74, 6) is -0.00327. The van der Waals surface area contributed by atoms with E-state index in [0.29, 0.717) is 11.3 Å². The molecular weight excluding hydrogens is 399 g/mol. The molecule has 0 bridgehead atoms. The molecular formula is C21H26Cl2N2O3. The van der Waals surface area contributed by atoms with Gasteiger partial charge in [-0.3, -0.25) is 0 Å². The number of aromatic nitrogens is 1. The van der Waals surface area contributed by atoms with Gasteiger partial charge in [-0.1, -0.05) is 35.9 Å². The van der Waals surface area contributed by atoms with Gasteiger partial charge in [0, 0.05) is 31.3 Å². The number of aliphatic hydroxyl groups excluding tert-OH is 1. The Labute approximate surface area is 175 Å². The van der Waals surface area contributed by atoms with Gasteiger partial charge in [0.15, 0.2) is 0 Å². The molecule has 1 aromatic heterocycles. The van der Waals surface area contributed by atoms with Gasteiger partial charge in [0.1, 0.15) is 11.4 Å². The highest BCUT2D eigenvalue weighted by molar-refractivity contribution is 6.44. The molecule has 7 heteroatoms. The lowest BCUT2D eigenvalue weighted by Crippen LogP contribution is -2.41. The van der Waals surface area contributed by atoms with Crippen molar-refractivity contribution in [3.05, 3.63) is 46.2 Å². The van der Waals surface area contributed by atoms with E-state index < -0.39 is 0 Å². The molecule has 3 rings (SSSR count). The van der Waals surface area contributed by atoms with E-state index >= 15 is 0 Å². The van der Waals surface area contributed by atoms with E-state index in [-0.39, 0.29) is 33.5 Å². The van der Waals surface area contributed by atoms with Crippen molar-refractivity contribution in [3.63, 3.8) is 0 Å². The maximum absolute atomic E-state index is 10.7. The van der Waals surface area contributed by atoms with Crippen LogP contribution in [0.1, 0.15) is 37.6 Å². The van der Waals surface area contributed by atoms with Gasteiger partial charge in [0.05, 0.1) is 34.7 Å². The Kier molecular flexibility index (Phi) is 6.71. The summed E-state index contributed by atoms with van der Waals surface area (Å²) in [6, 6.07) is 1.66. The number of hydrogen-bond acceptors (Lipinski definition) is 5. The summed E-state index contributed by atoms with van der Waals surface area (Å²) >= 11 is 12.4. The number of rotatable bonds is 5. The molecule has 2 aliphatic heterocycles. The van der Waals surface area contributed by atoms with Gasteiger partial charge in [-0.15, -0.1) is 0 Å². The van der Waals surface area contributed by atoms with Crippen LogP contribution >= 0.6 is 23.2 Å². The monoisotopic (exact) mass is 424 g/mol. The van der Waals surface area contributed by atoms with Gasteiger partial charge >= 0.3 is 0 Å². The lowest BCUT2D eigenvalue weighted by molar-refractivity contribution is 0.133. The van der Waals surface area contributed by atoms with Gasteiger partial charge in [0.25, 0.3) is 0 Å². The van der Waals surface area contributed by atoms with E-state index in [9.17, 15) is 10.2 Å². The topological polar surface area (TPSA) is 65.8 Å². The molecule has 1 spiro atoms. The van der Waals surface area contributed by atoms with Gasteiger partial charge in [0.2, 0.25) is 0 Å². The molecule has 0 saturated carbocycles. The minimum Gasteiger partial charge on any atom is -0.506 e. The van der Waals surface area contributed by atoms with Crippen LogP contribution in [0.15, 0.2) is 34.9 Å². The highest BCUT2D eigenvalue weighted by Crippen LogP contribution is 2.42. The molecule has 3 heterocycles. The first-order valence-electron chi connectivity index (χ1n) is 9.46. The van der Waals surface area contributed by atoms with Crippen molar-refractivity contribution in [3.8, 4) is 5.75 Å². The van der Waals surface area contributed by atoms with Crippen LogP contribution in [0, 0.1) is 5.41 Å². The maximum Gasteiger partial charge on any atom is 0.143 e. The first-order valence-corrected chi connectivity index (χ1v) is 10.2. The predicted molar refractivity (Wildman–Crippen MR) is 114 cm³/mol. The molecule has 2 aliphatic rings. The van der Waals surface area contributed by atoms with E-state index in [1.54, 1.807) is 19.1 Å². The minimum absolute atomic E-state index is 0.00327. The van der Waals surface area contributed by atoms with Crippen LogP contribution in [-0.2, 0) is 11.3 Å². The number of halogens is 2. The fourth-order valence-electron chi connectivity index (χ4n) is 3.97. The number of anilines is 1. The molecule has 28 heavy (non-hydrogen) atoms. The summed E-state index contributed by atoms with van der Waals surface area (Å²) in [5, 5.41) is 21.1. The molecule has 0 aromatic carbocycles. The van der Waals surface area contributed by atoms with E-state index in [1.165, 1.54) is 6.08 Å². The largest absolute Gasteiger partial charge is 0.506 e. The van der Waals surface area contributed by atoms with Crippen molar-refractivity contribution >= 4 is 34.5 Å². The number of piperidine rings is 1. The summed E-state index contributed by atoms with van der Waals surface area (Å²) in [6.45, 7) is 8.52. The quantitative estimate of drug-likeness (QED) is 0.677. The summed E-state index contributed by atoms with van der Waals surface area (Å²) in [5.41, 5.74) is 2.32. The Bertz CT molecular complexity index is 804. The van der Waals surface area contributed by atoms with Gasteiger partial charge < -0.3 is 19.8 Å². The lowest BCUT2D eigenvalue weighted by Gasteiger charge is -2.40. The number of nitrogens with zero attached hydrogens (tertiary/aromatic N) is 2. The summed E-state index contributed by atoms with van der Waals surface area (Å²) in [6.07, 6.45) is 6.33.